The molecule has 2 saturated heterocycles. The van der Waals surface area contributed by atoms with E-state index in [4.69, 9.17) is 14.6 Å². The van der Waals surface area contributed by atoms with Gasteiger partial charge in [-0.05, 0) is 0 Å². The van der Waals surface area contributed by atoms with Crippen LogP contribution in [0, 0.1) is 0 Å². The van der Waals surface area contributed by atoms with E-state index in [0.717, 1.165) is 25.9 Å². The van der Waals surface area contributed by atoms with Gasteiger partial charge >= 0.3 is 5.97 Å². The summed E-state index contributed by atoms with van der Waals surface area (Å²) in [6.07, 6.45) is 4.35. The van der Waals surface area contributed by atoms with Gasteiger partial charge in [0, 0.05) is 25.9 Å². The predicted molar refractivity (Wildman–Crippen MR) is 65.1 cm³/mol. The molecule has 0 aromatic carbocycles. The Hall–Kier alpha value is -1.73. The minimum Gasteiger partial charge on any atom is -0.476 e. The third-order valence-electron chi connectivity index (χ3n) is 3.52. The minimum atomic E-state index is -1.07. The molecule has 0 radical (unpaired) electrons. The monoisotopic (exact) mass is 265 g/mol. The number of anilines is 1. The molecule has 0 aliphatic carbocycles. The number of ether oxygens (including phenoxy) is 2. The summed E-state index contributed by atoms with van der Waals surface area (Å²) < 4.78 is 11.3. The van der Waals surface area contributed by atoms with Crippen LogP contribution in [0.1, 0.15) is 23.3 Å². The summed E-state index contributed by atoms with van der Waals surface area (Å²) in [5.74, 6) is -0.785. The van der Waals surface area contributed by atoms with E-state index in [-0.39, 0.29) is 5.69 Å². The number of hydrogen-bond donors (Lipinski definition) is 1. The van der Waals surface area contributed by atoms with Crippen molar-refractivity contribution in [2.24, 2.45) is 0 Å². The van der Waals surface area contributed by atoms with Crippen LogP contribution in [0.5, 0.6) is 0 Å². The highest BCUT2D eigenvalue weighted by atomic mass is 16.7. The van der Waals surface area contributed by atoms with Crippen molar-refractivity contribution in [3.05, 3.63) is 18.1 Å². The first-order valence-corrected chi connectivity index (χ1v) is 6.27. The fraction of sp³-hybridized carbons (Fsp3) is 0.583. The van der Waals surface area contributed by atoms with Gasteiger partial charge in [-0.1, -0.05) is 0 Å². The Kier molecular flexibility index (Phi) is 3.08. The normalized spacial score (nSPS) is 21.8. The summed E-state index contributed by atoms with van der Waals surface area (Å²) >= 11 is 0. The lowest BCUT2D eigenvalue weighted by atomic mass is 10.0. The molecule has 2 aliphatic rings. The van der Waals surface area contributed by atoms with Crippen molar-refractivity contribution in [2.75, 3.05) is 31.2 Å². The molecule has 0 amide bonds. The fourth-order valence-corrected chi connectivity index (χ4v) is 2.46. The Morgan fingerprint density at radius 2 is 1.89 bits per heavy atom. The predicted octanol–water partition coefficient (Wildman–Crippen LogP) is 0.518. The van der Waals surface area contributed by atoms with Gasteiger partial charge in [0.1, 0.15) is 5.82 Å². The largest absolute Gasteiger partial charge is 0.476 e. The first-order chi connectivity index (χ1) is 9.19. The fourth-order valence-electron chi connectivity index (χ4n) is 2.46. The molecular weight excluding hydrogens is 250 g/mol. The second-order valence-corrected chi connectivity index (χ2v) is 4.66. The number of carboxylic acids is 1. The van der Waals surface area contributed by atoms with Gasteiger partial charge in [0.15, 0.2) is 11.5 Å². The van der Waals surface area contributed by atoms with Crippen LogP contribution in [-0.2, 0) is 9.47 Å². The van der Waals surface area contributed by atoms with Crippen LogP contribution in [0.3, 0.4) is 0 Å². The highest BCUT2D eigenvalue weighted by Gasteiger charge is 2.40. The molecule has 0 unspecified atom stereocenters. The molecule has 0 atom stereocenters. The topological polar surface area (TPSA) is 84.8 Å². The average Bonchev–Trinajstić information content (AvgIpc) is 2.88. The summed E-state index contributed by atoms with van der Waals surface area (Å²) in [6, 6.07) is 0. The van der Waals surface area contributed by atoms with Gasteiger partial charge < -0.3 is 19.5 Å². The van der Waals surface area contributed by atoms with Crippen molar-refractivity contribution in [1.29, 1.82) is 0 Å². The highest BCUT2D eigenvalue weighted by Crippen LogP contribution is 2.32. The molecule has 2 fully saturated rings. The Labute approximate surface area is 110 Å². The summed E-state index contributed by atoms with van der Waals surface area (Å²) in [4.78, 5) is 20.8. The lowest BCUT2D eigenvalue weighted by Gasteiger charge is -2.37. The van der Waals surface area contributed by atoms with Gasteiger partial charge in [-0.15, -0.1) is 0 Å². The molecule has 1 aromatic rings. The quantitative estimate of drug-likeness (QED) is 0.834. The van der Waals surface area contributed by atoms with Gasteiger partial charge in [0.2, 0.25) is 0 Å². The van der Waals surface area contributed by atoms with E-state index in [1.165, 1.54) is 12.4 Å². The molecule has 3 rings (SSSR count). The van der Waals surface area contributed by atoms with Crippen molar-refractivity contribution < 1.29 is 19.4 Å². The maximum Gasteiger partial charge on any atom is 0.356 e. The second kappa shape index (κ2) is 4.75. The van der Waals surface area contributed by atoms with E-state index in [0.29, 0.717) is 19.0 Å². The lowest BCUT2D eigenvalue weighted by molar-refractivity contribution is -0.169. The Bertz CT molecular complexity index is 460. The van der Waals surface area contributed by atoms with Gasteiger partial charge in [0.05, 0.1) is 25.6 Å². The smallest absolute Gasteiger partial charge is 0.356 e. The summed E-state index contributed by atoms with van der Waals surface area (Å²) in [5, 5.41) is 8.78. The zero-order chi connectivity index (χ0) is 13.3. The minimum absolute atomic E-state index is 0.0420. The number of aromatic carboxylic acids is 1. The molecular formula is C12H15N3O4. The average molecular weight is 265 g/mol. The van der Waals surface area contributed by atoms with Gasteiger partial charge in [-0.2, -0.15) is 0 Å². The van der Waals surface area contributed by atoms with E-state index < -0.39 is 11.8 Å². The second-order valence-electron chi connectivity index (χ2n) is 4.66. The van der Waals surface area contributed by atoms with Gasteiger partial charge in [0.25, 0.3) is 0 Å². The van der Waals surface area contributed by atoms with Crippen LogP contribution in [0.15, 0.2) is 12.4 Å². The first-order valence-electron chi connectivity index (χ1n) is 6.27. The molecule has 102 valence electrons. The molecule has 1 aromatic heterocycles. The number of hydrogen-bond acceptors (Lipinski definition) is 6. The summed E-state index contributed by atoms with van der Waals surface area (Å²) in [7, 11) is 0. The van der Waals surface area contributed by atoms with Crippen molar-refractivity contribution in [1.82, 2.24) is 9.97 Å². The van der Waals surface area contributed by atoms with E-state index in [1.807, 2.05) is 0 Å². The molecule has 7 heteroatoms. The van der Waals surface area contributed by atoms with Crippen LogP contribution in [0.25, 0.3) is 0 Å². The van der Waals surface area contributed by atoms with Crippen molar-refractivity contribution in [3.8, 4) is 0 Å². The number of piperidine rings is 1. The lowest BCUT2D eigenvalue weighted by Crippen LogP contribution is -2.45. The summed E-state index contributed by atoms with van der Waals surface area (Å²) in [6.45, 7) is 2.85. The maximum atomic E-state index is 10.7. The summed E-state index contributed by atoms with van der Waals surface area (Å²) in [5.41, 5.74) is -0.0420. The third-order valence-corrected chi connectivity index (χ3v) is 3.52. The number of rotatable bonds is 2. The van der Waals surface area contributed by atoms with Crippen LogP contribution in [0.4, 0.5) is 5.82 Å². The molecule has 0 saturated carbocycles. The molecule has 1 spiro atoms. The SMILES string of the molecule is O=C(O)c1cnc(N2CCC3(CC2)OCCO3)cn1. The van der Waals surface area contributed by atoms with Crippen LogP contribution < -0.4 is 4.90 Å². The molecule has 7 nitrogen and oxygen atoms in total. The first kappa shape index (κ1) is 12.3. The molecule has 0 bridgehead atoms. The number of carboxylic acid groups (broad SMARTS) is 1. The standard InChI is InChI=1S/C12H15N3O4/c16-11(17)9-7-14-10(8-13-9)15-3-1-12(2-4-15)18-5-6-19-12/h7-8H,1-6H2,(H,16,17). The van der Waals surface area contributed by atoms with E-state index in [9.17, 15) is 4.79 Å². The van der Waals surface area contributed by atoms with E-state index in [2.05, 4.69) is 14.9 Å². The third kappa shape index (κ3) is 2.39. The molecule has 2 aliphatic heterocycles. The van der Waals surface area contributed by atoms with Crippen LogP contribution in [-0.4, -0.2) is 53.1 Å². The van der Waals surface area contributed by atoms with E-state index >= 15 is 0 Å². The molecule has 3 heterocycles. The highest BCUT2D eigenvalue weighted by molar-refractivity contribution is 5.84. The molecule has 1 N–H and O–H groups in total. The maximum absolute atomic E-state index is 10.7. The number of nitrogens with zero attached hydrogens (tertiary/aromatic N) is 3. The Morgan fingerprint density at radius 3 is 2.42 bits per heavy atom. The van der Waals surface area contributed by atoms with Crippen molar-refractivity contribution in [2.45, 2.75) is 18.6 Å². The van der Waals surface area contributed by atoms with Gasteiger partial charge in [-0.3, -0.25) is 0 Å². The van der Waals surface area contributed by atoms with E-state index in [1.54, 1.807) is 0 Å². The van der Waals surface area contributed by atoms with Gasteiger partial charge in [-0.25, -0.2) is 14.8 Å². The number of aromatic nitrogens is 2. The van der Waals surface area contributed by atoms with Crippen molar-refractivity contribution >= 4 is 11.8 Å². The Morgan fingerprint density at radius 1 is 1.21 bits per heavy atom. The Balaban J connectivity index is 1.66. The van der Waals surface area contributed by atoms with Crippen molar-refractivity contribution in [3.63, 3.8) is 0 Å². The molecule has 19 heavy (non-hydrogen) atoms. The zero-order valence-corrected chi connectivity index (χ0v) is 10.4. The zero-order valence-electron chi connectivity index (χ0n) is 10.4. The van der Waals surface area contributed by atoms with Crippen LogP contribution >= 0.6 is 0 Å². The van der Waals surface area contributed by atoms with Crippen LogP contribution in [0.2, 0.25) is 0 Å². The number of carbonyl (C=O) groups is 1.